The number of amides is 2. The van der Waals surface area contributed by atoms with Gasteiger partial charge in [0.1, 0.15) is 0 Å². The predicted molar refractivity (Wildman–Crippen MR) is 115 cm³/mol. The Morgan fingerprint density at radius 3 is 2.06 bits per heavy atom. The third-order valence-electron chi connectivity index (χ3n) is 6.03. The first-order valence-corrected chi connectivity index (χ1v) is 11.3. The summed E-state index contributed by atoms with van der Waals surface area (Å²) < 4.78 is 82.4. The summed E-state index contributed by atoms with van der Waals surface area (Å²) in [6.45, 7) is 1.23. The first kappa shape index (κ1) is 27.0. The second-order valence-corrected chi connectivity index (χ2v) is 8.58. The quantitative estimate of drug-likeness (QED) is 0.0970. The topological polar surface area (TPSA) is 77.1 Å². The number of carbonyl (C=O) groups excluding carboxylic acids is 2. The third kappa shape index (κ3) is 6.77. The Morgan fingerprint density at radius 1 is 0.857 bits per heavy atom. The Balaban J connectivity index is 0.00000456. The number of hydrogen-bond donors (Lipinski definition) is 1. The van der Waals surface area contributed by atoms with E-state index in [0.29, 0.717) is 26.4 Å². The molecule has 35 heavy (non-hydrogen) atoms. The van der Waals surface area contributed by atoms with Crippen molar-refractivity contribution in [2.45, 2.75) is 38.5 Å². The van der Waals surface area contributed by atoms with E-state index >= 15 is 0 Å². The molecule has 0 bridgehead atoms. The highest BCUT2D eigenvalue weighted by Crippen LogP contribution is 2.41. The summed E-state index contributed by atoms with van der Waals surface area (Å²) in [5, 5.41) is 3.14. The van der Waals surface area contributed by atoms with E-state index in [2.05, 4.69) is 10.1 Å². The molecule has 2 amide bonds. The Bertz CT molecular complexity index is 914. The molecule has 0 aromatic heterocycles. The summed E-state index contributed by atoms with van der Waals surface area (Å²) in [7, 11) is 0. The smallest absolute Gasteiger partial charge is 0.253 e. The van der Waals surface area contributed by atoms with Gasteiger partial charge in [0, 0.05) is 25.5 Å². The molecule has 196 valence electrons. The monoisotopic (exact) mass is 508 g/mol. The van der Waals surface area contributed by atoms with E-state index in [1.165, 1.54) is 17.1 Å². The molecule has 3 rings (SSSR count). The number of nitrogens with one attached hydrogen (secondary N) is 1. The van der Waals surface area contributed by atoms with Crippen LogP contribution in [-0.2, 0) is 19.1 Å². The summed E-state index contributed by atoms with van der Waals surface area (Å²) in [5.74, 6) is -12.4. The van der Waals surface area contributed by atoms with Gasteiger partial charge in [-0.3, -0.25) is 19.8 Å². The van der Waals surface area contributed by atoms with Crippen LogP contribution in [0.4, 0.5) is 22.0 Å². The molecule has 1 fully saturated rings. The van der Waals surface area contributed by atoms with E-state index in [9.17, 15) is 31.5 Å². The van der Waals surface area contributed by atoms with Crippen LogP contribution in [0.5, 0.6) is 5.75 Å². The van der Waals surface area contributed by atoms with Gasteiger partial charge in [0.2, 0.25) is 29.1 Å². The molecule has 1 N–H and O–H groups in total. The number of benzene rings is 1. The molecule has 0 radical (unpaired) electrons. The molecule has 1 aromatic carbocycles. The van der Waals surface area contributed by atoms with Gasteiger partial charge >= 0.3 is 0 Å². The lowest BCUT2D eigenvalue weighted by molar-refractivity contribution is -0.136. The zero-order valence-electron chi connectivity index (χ0n) is 19.0. The molecule has 2 aliphatic rings. The number of imide groups is 1. The maximum atomic E-state index is 13.6. The Hall–Kier alpha value is -2.57. The maximum Gasteiger partial charge on any atom is 0.253 e. The van der Waals surface area contributed by atoms with Crippen LogP contribution in [0.25, 0.3) is 0 Å². The van der Waals surface area contributed by atoms with Crippen LogP contribution in [0.2, 0.25) is 0 Å². The van der Waals surface area contributed by atoms with Gasteiger partial charge in [0.05, 0.1) is 19.9 Å². The lowest BCUT2D eigenvalue weighted by Gasteiger charge is -2.41. The van der Waals surface area contributed by atoms with Gasteiger partial charge in [-0.1, -0.05) is 12.8 Å². The summed E-state index contributed by atoms with van der Waals surface area (Å²) >= 11 is 0. The number of unbranched alkanes of at least 4 members (excludes halogenated alkanes) is 2. The van der Waals surface area contributed by atoms with Crippen molar-refractivity contribution in [3.8, 4) is 5.75 Å². The third-order valence-corrected chi connectivity index (χ3v) is 6.03. The normalized spacial score (nSPS) is 16.8. The van der Waals surface area contributed by atoms with Crippen LogP contribution in [0, 0.1) is 34.5 Å². The second-order valence-electron chi connectivity index (χ2n) is 8.58. The van der Waals surface area contributed by atoms with Crippen molar-refractivity contribution in [3.63, 3.8) is 0 Å². The maximum absolute atomic E-state index is 13.6. The average Bonchev–Trinajstić information content (AvgIpc) is 3.14. The number of nitrogens with zero attached hydrogens (tertiary/aromatic N) is 1. The van der Waals surface area contributed by atoms with Crippen molar-refractivity contribution < 1.29 is 47.2 Å². The van der Waals surface area contributed by atoms with E-state index in [0.717, 1.165) is 38.5 Å². The number of ether oxygens (including phenoxy) is 3. The zero-order chi connectivity index (χ0) is 25.4. The van der Waals surface area contributed by atoms with E-state index in [1.807, 2.05) is 0 Å². The van der Waals surface area contributed by atoms with Crippen LogP contribution in [0.3, 0.4) is 0 Å². The van der Waals surface area contributed by atoms with E-state index < -0.39 is 41.6 Å². The van der Waals surface area contributed by atoms with Crippen LogP contribution in [0.15, 0.2) is 12.2 Å². The van der Waals surface area contributed by atoms with Crippen molar-refractivity contribution in [2.24, 2.45) is 5.41 Å². The SMILES string of the molecule is O=C1C=CC(=O)N1CCCCCNCOCC1(COCOc2c(F)c(F)c(F)c(F)c2F)CCC1.[HH]. The van der Waals surface area contributed by atoms with Crippen molar-refractivity contribution in [1.82, 2.24) is 10.2 Å². The highest BCUT2D eigenvalue weighted by Gasteiger charge is 2.38. The van der Waals surface area contributed by atoms with Crippen molar-refractivity contribution in [3.05, 3.63) is 41.2 Å². The first-order chi connectivity index (χ1) is 16.8. The lowest BCUT2D eigenvalue weighted by Crippen LogP contribution is -2.40. The standard InChI is InChI=1S/C23H27F5N2O5.H2/c24-17-18(25)20(27)22(21(28)19(17)26)35-14-34-12-23(7-4-8-23)11-33-13-29-9-2-1-3-10-30-15(31)5-6-16(30)32;/h5-6,29H,1-4,7-14H2;1H. The molecule has 1 aliphatic heterocycles. The summed E-state index contributed by atoms with van der Waals surface area (Å²) in [6.07, 6.45) is 7.49. The zero-order valence-corrected chi connectivity index (χ0v) is 19.0. The van der Waals surface area contributed by atoms with Crippen LogP contribution in [0.1, 0.15) is 40.0 Å². The minimum Gasteiger partial charge on any atom is -0.461 e. The molecule has 12 heteroatoms. The Kier molecular flexibility index (Phi) is 9.58. The van der Waals surface area contributed by atoms with E-state index in [4.69, 9.17) is 9.47 Å². The number of rotatable bonds is 15. The van der Waals surface area contributed by atoms with Crippen LogP contribution in [-0.4, -0.2) is 56.5 Å². The summed E-state index contributed by atoms with van der Waals surface area (Å²) in [5.41, 5.74) is -0.301. The predicted octanol–water partition coefficient (Wildman–Crippen LogP) is 3.81. The number of hydrogen-bond acceptors (Lipinski definition) is 6. The molecule has 0 spiro atoms. The number of halogens is 5. The molecule has 1 aromatic rings. The van der Waals surface area contributed by atoms with Gasteiger partial charge in [-0.25, -0.2) is 13.2 Å². The highest BCUT2D eigenvalue weighted by atomic mass is 19.2. The fraction of sp³-hybridized carbons (Fsp3) is 0.565. The van der Waals surface area contributed by atoms with Gasteiger partial charge in [-0.05, 0) is 32.2 Å². The molecule has 1 heterocycles. The molecule has 0 atom stereocenters. The van der Waals surface area contributed by atoms with Gasteiger partial charge in [0.15, 0.2) is 12.5 Å². The fourth-order valence-electron chi connectivity index (χ4n) is 3.84. The van der Waals surface area contributed by atoms with E-state index in [-0.39, 0.29) is 25.3 Å². The highest BCUT2D eigenvalue weighted by molar-refractivity contribution is 6.12. The molecule has 1 aliphatic carbocycles. The molecule has 7 nitrogen and oxygen atoms in total. The Labute approximate surface area is 200 Å². The largest absolute Gasteiger partial charge is 0.461 e. The first-order valence-electron chi connectivity index (χ1n) is 11.3. The molecular weight excluding hydrogens is 479 g/mol. The summed E-state index contributed by atoms with van der Waals surface area (Å²) in [4.78, 5) is 24.1. The van der Waals surface area contributed by atoms with Gasteiger partial charge in [-0.2, -0.15) is 8.78 Å². The molecule has 1 saturated carbocycles. The van der Waals surface area contributed by atoms with Crippen LogP contribution < -0.4 is 10.1 Å². The van der Waals surface area contributed by atoms with Gasteiger partial charge < -0.3 is 14.2 Å². The van der Waals surface area contributed by atoms with Crippen molar-refractivity contribution >= 4 is 11.8 Å². The fourth-order valence-corrected chi connectivity index (χ4v) is 3.84. The Morgan fingerprint density at radius 2 is 1.46 bits per heavy atom. The molecule has 0 saturated heterocycles. The minimum atomic E-state index is -2.25. The van der Waals surface area contributed by atoms with Gasteiger partial charge in [0.25, 0.3) is 11.8 Å². The van der Waals surface area contributed by atoms with Gasteiger partial charge in [-0.15, -0.1) is 0 Å². The minimum absolute atomic E-state index is 0. The van der Waals surface area contributed by atoms with E-state index in [1.54, 1.807) is 0 Å². The van der Waals surface area contributed by atoms with Crippen molar-refractivity contribution in [1.29, 1.82) is 0 Å². The molecule has 0 unspecified atom stereocenters. The number of carbonyl (C=O) groups is 2. The lowest BCUT2D eigenvalue weighted by atomic mass is 9.70. The van der Waals surface area contributed by atoms with Crippen molar-refractivity contribution in [2.75, 3.05) is 39.8 Å². The summed E-state index contributed by atoms with van der Waals surface area (Å²) in [6, 6.07) is 0. The van der Waals surface area contributed by atoms with Crippen LogP contribution >= 0.6 is 0 Å². The molecular formula is C23H29F5N2O5. The second kappa shape index (κ2) is 12.4. The average molecular weight is 508 g/mol.